The fourth-order valence-corrected chi connectivity index (χ4v) is 1.55. The zero-order valence-electron chi connectivity index (χ0n) is 9.66. The predicted molar refractivity (Wildman–Crippen MR) is 59.4 cm³/mol. The van der Waals surface area contributed by atoms with E-state index in [-0.39, 0.29) is 18.1 Å². The van der Waals surface area contributed by atoms with Crippen LogP contribution in [0.5, 0.6) is 0 Å². The lowest BCUT2D eigenvalue weighted by atomic mass is 10.0. The second-order valence-corrected chi connectivity index (χ2v) is 4.55. The van der Waals surface area contributed by atoms with Crippen LogP contribution in [-0.4, -0.2) is 31.2 Å². The molecule has 88 valence electrons. The summed E-state index contributed by atoms with van der Waals surface area (Å²) in [5.74, 6) is 0.380. The molecule has 1 fully saturated rings. The Morgan fingerprint density at radius 3 is 2.87 bits per heavy atom. The van der Waals surface area contributed by atoms with Gasteiger partial charge in [-0.1, -0.05) is 13.8 Å². The molecule has 2 unspecified atom stereocenters. The molecule has 1 rings (SSSR count). The molecule has 1 amide bonds. The molecule has 0 aromatic carbocycles. The summed E-state index contributed by atoms with van der Waals surface area (Å²) in [4.78, 5) is 11.5. The maximum absolute atomic E-state index is 11.5. The van der Waals surface area contributed by atoms with E-state index >= 15 is 0 Å². The molecule has 1 saturated heterocycles. The molecule has 0 saturated carbocycles. The fourth-order valence-electron chi connectivity index (χ4n) is 1.55. The molecule has 0 aromatic rings. The molecule has 15 heavy (non-hydrogen) atoms. The van der Waals surface area contributed by atoms with Crippen LogP contribution in [0.3, 0.4) is 0 Å². The van der Waals surface area contributed by atoms with Crippen molar-refractivity contribution in [3.63, 3.8) is 0 Å². The molecule has 0 aliphatic carbocycles. The number of rotatable bonds is 5. The maximum Gasteiger partial charge on any atom is 0.221 e. The third-order valence-corrected chi connectivity index (χ3v) is 2.83. The highest BCUT2D eigenvalue weighted by Crippen LogP contribution is 2.10. The van der Waals surface area contributed by atoms with Crippen LogP contribution < -0.4 is 11.1 Å². The van der Waals surface area contributed by atoms with Crippen molar-refractivity contribution in [2.75, 3.05) is 13.2 Å². The third kappa shape index (κ3) is 4.62. The molecule has 3 N–H and O–H groups in total. The third-order valence-electron chi connectivity index (χ3n) is 2.83. The first-order chi connectivity index (χ1) is 7.09. The van der Waals surface area contributed by atoms with Crippen LogP contribution in [0.1, 0.15) is 33.1 Å². The molecule has 1 aliphatic heterocycles. The van der Waals surface area contributed by atoms with Gasteiger partial charge in [-0.2, -0.15) is 0 Å². The van der Waals surface area contributed by atoms with Crippen LogP contribution in [0, 0.1) is 5.92 Å². The quantitative estimate of drug-likeness (QED) is 0.706. The lowest BCUT2D eigenvalue weighted by molar-refractivity contribution is -0.122. The number of amides is 1. The topological polar surface area (TPSA) is 64.4 Å². The molecule has 0 bridgehead atoms. The van der Waals surface area contributed by atoms with Crippen molar-refractivity contribution in [1.82, 2.24) is 5.32 Å². The van der Waals surface area contributed by atoms with Crippen molar-refractivity contribution in [2.45, 2.75) is 45.3 Å². The molecule has 0 spiro atoms. The fraction of sp³-hybridized carbons (Fsp3) is 0.909. The van der Waals surface area contributed by atoms with E-state index in [4.69, 9.17) is 10.5 Å². The second-order valence-electron chi connectivity index (χ2n) is 4.55. The molecule has 0 radical (unpaired) electrons. The first-order valence-corrected chi connectivity index (χ1v) is 5.73. The van der Waals surface area contributed by atoms with Crippen LogP contribution in [-0.2, 0) is 9.53 Å². The first-order valence-electron chi connectivity index (χ1n) is 5.73. The van der Waals surface area contributed by atoms with Gasteiger partial charge in [0.05, 0.1) is 6.10 Å². The van der Waals surface area contributed by atoms with Gasteiger partial charge >= 0.3 is 0 Å². The Balaban J connectivity index is 2.12. The highest BCUT2D eigenvalue weighted by molar-refractivity contribution is 5.76. The Bertz CT molecular complexity index is 201. The molecular formula is C11H22N2O2. The van der Waals surface area contributed by atoms with E-state index in [1.54, 1.807) is 0 Å². The molecule has 0 aromatic heterocycles. The number of nitrogens with one attached hydrogen (secondary N) is 1. The summed E-state index contributed by atoms with van der Waals surface area (Å²) in [5, 5.41) is 2.87. The molecule has 1 heterocycles. The van der Waals surface area contributed by atoms with Crippen LogP contribution >= 0.6 is 0 Å². The van der Waals surface area contributed by atoms with Gasteiger partial charge in [-0.15, -0.1) is 0 Å². The summed E-state index contributed by atoms with van der Waals surface area (Å²) in [6.45, 7) is 5.51. The Morgan fingerprint density at radius 2 is 2.33 bits per heavy atom. The number of ether oxygens (including phenoxy) is 1. The lowest BCUT2D eigenvalue weighted by Gasteiger charge is -2.16. The zero-order valence-corrected chi connectivity index (χ0v) is 9.66. The molecule has 1 aliphatic rings. The van der Waals surface area contributed by atoms with E-state index in [0.29, 0.717) is 18.9 Å². The number of hydrogen-bond acceptors (Lipinski definition) is 3. The van der Waals surface area contributed by atoms with E-state index in [9.17, 15) is 4.79 Å². The van der Waals surface area contributed by atoms with Gasteiger partial charge in [0.15, 0.2) is 0 Å². The van der Waals surface area contributed by atoms with Crippen LogP contribution in [0.4, 0.5) is 0 Å². The number of hydrogen-bond donors (Lipinski definition) is 2. The molecule has 4 nitrogen and oxygen atoms in total. The van der Waals surface area contributed by atoms with Crippen molar-refractivity contribution in [3.05, 3.63) is 0 Å². The summed E-state index contributed by atoms with van der Waals surface area (Å²) in [6, 6.07) is -0.0468. The van der Waals surface area contributed by atoms with E-state index in [2.05, 4.69) is 5.32 Å². The van der Waals surface area contributed by atoms with E-state index in [1.165, 1.54) is 0 Å². The monoisotopic (exact) mass is 214 g/mol. The Kier molecular flexibility index (Phi) is 5.05. The van der Waals surface area contributed by atoms with E-state index < -0.39 is 0 Å². The summed E-state index contributed by atoms with van der Waals surface area (Å²) >= 11 is 0. The minimum absolute atomic E-state index is 0.0340. The average Bonchev–Trinajstić information content (AvgIpc) is 2.66. The van der Waals surface area contributed by atoms with Gasteiger partial charge in [0, 0.05) is 25.6 Å². The smallest absolute Gasteiger partial charge is 0.221 e. The molecule has 2 atom stereocenters. The summed E-state index contributed by atoms with van der Waals surface area (Å²) in [6.07, 6.45) is 2.77. The number of carbonyl (C=O) groups excluding carboxylic acids is 1. The van der Waals surface area contributed by atoms with Crippen molar-refractivity contribution < 1.29 is 9.53 Å². The summed E-state index contributed by atoms with van der Waals surface area (Å²) < 4.78 is 5.41. The second kappa shape index (κ2) is 6.08. The molecular weight excluding hydrogens is 192 g/mol. The predicted octanol–water partition coefficient (Wildman–Crippen LogP) is 0.655. The minimum atomic E-state index is -0.0468. The van der Waals surface area contributed by atoms with Crippen LogP contribution in [0.2, 0.25) is 0 Å². The maximum atomic E-state index is 11.5. The Hall–Kier alpha value is -0.610. The molecule has 4 heteroatoms. The minimum Gasteiger partial charge on any atom is -0.376 e. The normalized spacial score (nSPS) is 23.1. The average molecular weight is 214 g/mol. The highest BCUT2D eigenvalue weighted by Gasteiger charge is 2.17. The summed E-state index contributed by atoms with van der Waals surface area (Å²) in [5.41, 5.74) is 5.81. The van der Waals surface area contributed by atoms with Gasteiger partial charge in [0.1, 0.15) is 0 Å². The summed E-state index contributed by atoms with van der Waals surface area (Å²) in [7, 11) is 0. The van der Waals surface area contributed by atoms with Gasteiger partial charge < -0.3 is 15.8 Å². The van der Waals surface area contributed by atoms with Crippen molar-refractivity contribution in [1.29, 1.82) is 0 Å². The zero-order chi connectivity index (χ0) is 11.3. The van der Waals surface area contributed by atoms with Crippen LogP contribution in [0.15, 0.2) is 0 Å². The van der Waals surface area contributed by atoms with Gasteiger partial charge in [-0.05, 0) is 18.8 Å². The van der Waals surface area contributed by atoms with Crippen molar-refractivity contribution in [2.24, 2.45) is 11.7 Å². The largest absolute Gasteiger partial charge is 0.376 e. The van der Waals surface area contributed by atoms with Gasteiger partial charge in [0.25, 0.3) is 0 Å². The Morgan fingerprint density at radius 1 is 1.60 bits per heavy atom. The lowest BCUT2D eigenvalue weighted by Crippen LogP contribution is -2.37. The van der Waals surface area contributed by atoms with E-state index in [1.807, 2.05) is 13.8 Å². The van der Waals surface area contributed by atoms with Crippen LogP contribution in [0.25, 0.3) is 0 Å². The van der Waals surface area contributed by atoms with Gasteiger partial charge in [0.2, 0.25) is 5.91 Å². The number of nitrogens with two attached hydrogens (primary N) is 1. The Labute approximate surface area is 91.5 Å². The van der Waals surface area contributed by atoms with Gasteiger partial charge in [-0.25, -0.2) is 0 Å². The van der Waals surface area contributed by atoms with E-state index in [0.717, 1.165) is 19.4 Å². The SMILES string of the molecule is CC(C)C(N)CC(=O)NCC1CCCO1. The highest BCUT2D eigenvalue weighted by atomic mass is 16.5. The van der Waals surface area contributed by atoms with Crippen molar-refractivity contribution >= 4 is 5.91 Å². The number of carbonyl (C=O) groups is 1. The van der Waals surface area contributed by atoms with Gasteiger partial charge in [-0.3, -0.25) is 4.79 Å². The standard InChI is InChI=1S/C11H22N2O2/c1-8(2)10(12)6-11(14)13-7-9-4-3-5-15-9/h8-10H,3-7,12H2,1-2H3,(H,13,14). The first kappa shape index (κ1) is 12.5. The van der Waals surface area contributed by atoms with Crippen molar-refractivity contribution in [3.8, 4) is 0 Å².